The van der Waals surface area contributed by atoms with Crippen LogP contribution >= 0.6 is 0 Å². The summed E-state index contributed by atoms with van der Waals surface area (Å²) in [5.41, 5.74) is 2.37. The Morgan fingerprint density at radius 2 is 1.95 bits per heavy atom. The summed E-state index contributed by atoms with van der Waals surface area (Å²) in [4.78, 5) is 15.5. The number of carbonyl (C=O) groups is 1. The van der Waals surface area contributed by atoms with Crippen molar-refractivity contribution in [2.45, 2.75) is 26.4 Å². The maximum atomic E-state index is 11.3. The molecule has 0 aliphatic rings. The first kappa shape index (κ1) is 15.0. The topological polar surface area (TPSA) is 48.4 Å². The summed E-state index contributed by atoms with van der Waals surface area (Å²) in [6, 6.07) is 11.4. The van der Waals surface area contributed by atoms with Crippen molar-refractivity contribution in [3.05, 3.63) is 59.4 Å². The number of rotatable bonds is 5. The molecular formula is C17H19NO3. The molecule has 0 saturated carbocycles. The maximum Gasteiger partial charge on any atom is 0.339 e. The second kappa shape index (κ2) is 6.88. The van der Waals surface area contributed by atoms with Crippen LogP contribution in [0.5, 0.6) is 5.75 Å². The van der Waals surface area contributed by atoms with Crippen LogP contribution in [0.1, 0.15) is 41.4 Å². The molecule has 2 aromatic rings. The second-order valence-corrected chi connectivity index (χ2v) is 5.01. The lowest BCUT2D eigenvalue weighted by Crippen LogP contribution is -2.05. The number of para-hydroxylation sites is 1. The highest BCUT2D eigenvalue weighted by molar-refractivity contribution is 5.88. The van der Waals surface area contributed by atoms with Gasteiger partial charge in [-0.1, -0.05) is 32.0 Å². The highest BCUT2D eigenvalue weighted by Crippen LogP contribution is 2.26. The quantitative estimate of drug-likeness (QED) is 0.788. The van der Waals surface area contributed by atoms with Crippen molar-refractivity contribution < 1.29 is 14.3 Å². The van der Waals surface area contributed by atoms with Gasteiger partial charge in [-0.25, -0.2) is 4.79 Å². The van der Waals surface area contributed by atoms with Crippen LogP contribution in [0.25, 0.3) is 0 Å². The average Bonchev–Trinajstić information content (AvgIpc) is 2.52. The molecule has 4 nitrogen and oxygen atoms in total. The molecule has 0 fully saturated rings. The third-order valence-corrected chi connectivity index (χ3v) is 3.16. The molecule has 1 aromatic heterocycles. The Morgan fingerprint density at radius 1 is 1.19 bits per heavy atom. The Morgan fingerprint density at radius 3 is 2.57 bits per heavy atom. The number of carbonyl (C=O) groups excluding carboxylic acids is 1. The number of benzene rings is 1. The van der Waals surface area contributed by atoms with Crippen molar-refractivity contribution in [2.24, 2.45) is 0 Å². The molecule has 4 heteroatoms. The second-order valence-electron chi connectivity index (χ2n) is 5.01. The number of hydrogen-bond donors (Lipinski definition) is 0. The van der Waals surface area contributed by atoms with Crippen LogP contribution in [-0.2, 0) is 11.3 Å². The molecule has 0 aliphatic heterocycles. The lowest BCUT2D eigenvalue weighted by atomic mass is 10.0. The molecule has 0 amide bonds. The van der Waals surface area contributed by atoms with Gasteiger partial charge in [-0.05, 0) is 29.7 Å². The molecule has 0 radical (unpaired) electrons. The van der Waals surface area contributed by atoms with Gasteiger partial charge in [-0.2, -0.15) is 0 Å². The van der Waals surface area contributed by atoms with Crippen LogP contribution < -0.4 is 4.74 Å². The van der Waals surface area contributed by atoms with Crippen molar-refractivity contribution in [1.82, 2.24) is 4.98 Å². The Kier molecular flexibility index (Phi) is 4.93. The number of ether oxygens (including phenoxy) is 2. The van der Waals surface area contributed by atoms with E-state index in [2.05, 4.69) is 29.6 Å². The largest absolute Gasteiger partial charge is 0.487 e. The first-order chi connectivity index (χ1) is 10.1. The summed E-state index contributed by atoms with van der Waals surface area (Å²) in [6.07, 6.45) is 1.50. The predicted octanol–water partition coefficient (Wildman–Crippen LogP) is 3.57. The Labute approximate surface area is 124 Å². The average molecular weight is 285 g/mol. The zero-order valence-electron chi connectivity index (χ0n) is 12.5. The van der Waals surface area contributed by atoms with Crippen LogP contribution in [0.2, 0.25) is 0 Å². The van der Waals surface area contributed by atoms with Crippen LogP contribution in [0.15, 0.2) is 42.6 Å². The number of methoxy groups -OCH3 is 1. The number of esters is 1. The lowest BCUT2D eigenvalue weighted by Gasteiger charge is -2.13. The van der Waals surface area contributed by atoms with Gasteiger partial charge in [0.15, 0.2) is 0 Å². The number of aromatic nitrogens is 1. The summed E-state index contributed by atoms with van der Waals surface area (Å²) >= 11 is 0. The molecule has 0 unspecified atom stereocenters. The van der Waals surface area contributed by atoms with E-state index in [9.17, 15) is 4.79 Å². The molecular weight excluding hydrogens is 266 g/mol. The van der Waals surface area contributed by atoms with Crippen molar-refractivity contribution >= 4 is 5.97 Å². The Bertz CT molecular complexity index is 606. The van der Waals surface area contributed by atoms with Crippen LogP contribution in [0.3, 0.4) is 0 Å². The van der Waals surface area contributed by atoms with Crippen molar-refractivity contribution in [2.75, 3.05) is 7.11 Å². The fourth-order valence-electron chi connectivity index (χ4n) is 1.99. The van der Waals surface area contributed by atoms with Gasteiger partial charge in [0, 0.05) is 6.20 Å². The molecule has 21 heavy (non-hydrogen) atoms. The minimum atomic E-state index is -0.389. The minimum absolute atomic E-state index is 0.366. The van der Waals surface area contributed by atoms with E-state index in [0.717, 1.165) is 11.4 Å². The molecule has 1 aromatic carbocycles. The molecule has 1 heterocycles. The van der Waals surface area contributed by atoms with E-state index < -0.39 is 0 Å². The van der Waals surface area contributed by atoms with Crippen LogP contribution in [-0.4, -0.2) is 18.1 Å². The van der Waals surface area contributed by atoms with Gasteiger partial charge >= 0.3 is 5.97 Å². The van der Waals surface area contributed by atoms with E-state index in [1.165, 1.54) is 18.9 Å². The smallest absolute Gasteiger partial charge is 0.339 e. The summed E-state index contributed by atoms with van der Waals surface area (Å²) in [5.74, 6) is 0.877. The molecule has 0 saturated heterocycles. The molecule has 0 N–H and O–H groups in total. The summed E-state index contributed by atoms with van der Waals surface area (Å²) < 4.78 is 10.5. The van der Waals surface area contributed by atoms with Crippen LogP contribution in [0.4, 0.5) is 0 Å². The SMILES string of the molecule is COC(=O)c1ccc(COc2ccccc2C(C)C)nc1. The predicted molar refractivity (Wildman–Crippen MR) is 80.4 cm³/mol. The molecule has 0 bridgehead atoms. The molecule has 0 spiro atoms. The van der Waals surface area contributed by atoms with E-state index in [1.807, 2.05) is 18.2 Å². The lowest BCUT2D eigenvalue weighted by molar-refractivity contribution is 0.0600. The maximum absolute atomic E-state index is 11.3. The van der Waals surface area contributed by atoms with E-state index in [-0.39, 0.29) is 5.97 Å². The van der Waals surface area contributed by atoms with Gasteiger partial charge in [0.05, 0.1) is 18.4 Å². The third-order valence-electron chi connectivity index (χ3n) is 3.16. The van der Waals surface area contributed by atoms with E-state index in [0.29, 0.717) is 18.1 Å². The normalized spacial score (nSPS) is 10.5. The van der Waals surface area contributed by atoms with E-state index in [1.54, 1.807) is 12.1 Å². The minimum Gasteiger partial charge on any atom is -0.487 e. The standard InChI is InChI=1S/C17H19NO3/c1-12(2)15-6-4-5-7-16(15)21-11-14-9-8-13(10-18-14)17(19)20-3/h4-10,12H,11H2,1-3H3. The molecule has 0 atom stereocenters. The van der Waals surface area contributed by atoms with Gasteiger partial charge in [0.25, 0.3) is 0 Å². The summed E-state index contributed by atoms with van der Waals surface area (Å²) in [6.45, 7) is 4.63. The van der Waals surface area contributed by atoms with E-state index in [4.69, 9.17) is 4.74 Å². The monoisotopic (exact) mass is 285 g/mol. The number of nitrogens with zero attached hydrogens (tertiary/aromatic N) is 1. The van der Waals surface area contributed by atoms with Gasteiger partial charge in [-0.3, -0.25) is 4.98 Å². The van der Waals surface area contributed by atoms with Crippen molar-refractivity contribution in [1.29, 1.82) is 0 Å². The Hall–Kier alpha value is -2.36. The third kappa shape index (κ3) is 3.81. The van der Waals surface area contributed by atoms with Gasteiger partial charge in [0.1, 0.15) is 12.4 Å². The molecule has 110 valence electrons. The zero-order valence-corrected chi connectivity index (χ0v) is 12.5. The summed E-state index contributed by atoms with van der Waals surface area (Å²) in [5, 5.41) is 0. The fraction of sp³-hybridized carbons (Fsp3) is 0.294. The van der Waals surface area contributed by atoms with Gasteiger partial charge in [0.2, 0.25) is 0 Å². The van der Waals surface area contributed by atoms with Gasteiger partial charge in [-0.15, -0.1) is 0 Å². The van der Waals surface area contributed by atoms with Crippen molar-refractivity contribution in [3.8, 4) is 5.75 Å². The van der Waals surface area contributed by atoms with Crippen molar-refractivity contribution in [3.63, 3.8) is 0 Å². The first-order valence-electron chi connectivity index (χ1n) is 6.86. The Balaban J connectivity index is 2.05. The van der Waals surface area contributed by atoms with Crippen LogP contribution in [0, 0.1) is 0 Å². The molecule has 0 aliphatic carbocycles. The number of pyridine rings is 1. The zero-order chi connectivity index (χ0) is 15.2. The first-order valence-corrected chi connectivity index (χ1v) is 6.86. The molecule has 2 rings (SSSR count). The summed E-state index contributed by atoms with van der Waals surface area (Å²) in [7, 11) is 1.35. The number of hydrogen-bond acceptors (Lipinski definition) is 4. The fourth-order valence-corrected chi connectivity index (χ4v) is 1.99. The highest BCUT2D eigenvalue weighted by Gasteiger charge is 2.08. The highest BCUT2D eigenvalue weighted by atomic mass is 16.5. The van der Waals surface area contributed by atoms with Gasteiger partial charge < -0.3 is 9.47 Å². The van der Waals surface area contributed by atoms with E-state index >= 15 is 0 Å².